The molecule has 1 aliphatic heterocycles. The van der Waals surface area contributed by atoms with Crippen molar-refractivity contribution in [1.82, 2.24) is 5.16 Å². The second-order valence-electron chi connectivity index (χ2n) is 2.54. The summed E-state index contributed by atoms with van der Waals surface area (Å²) in [5.41, 5.74) is 7.48. The second kappa shape index (κ2) is 2.64. The standard InChI is InChI=1S/C7H10N2O2/c8-3-6-5-1-2-10-4-7(5)11-9-6/h1-4,8H2. The van der Waals surface area contributed by atoms with Gasteiger partial charge in [-0.2, -0.15) is 0 Å². The molecule has 0 unspecified atom stereocenters. The van der Waals surface area contributed by atoms with Crippen LogP contribution in [0, 0.1) is 0 Å². The van der Waals surface area contributed by atoms with Crippen LogP contribution in [0.5, 0.6) is 0 Å². The van der Waals surface area contributed by atoms with Crippen LogP contribution in [0.4, 0.5) is 0 Å². The Labute approximate surface area is 64.3 Å². The molecular formula is C7H10N2O2. The first kappa shape index (κ1) is 6.82. The minimum atomic E-state index is 0.457. The van der Waals surface area contributed by atoms with Crippen molar-refractivity contribution < 1.29 is 9.26 Å². The van der Waals surface area contributed by atoms with E-state index in [0.717, 1.165) is 30.0 Å². The van der Waals surface area contributed by atoms with Gasteiger partial charge in [0.2, 0.25) is 0 Å². The van der Waals surface area contributed by atoms with Gasteiger partial charge in [0.15, 0.2) is 5.76 Å². The summed E-state index contributed by atoms with van der Waals surface area (Å²) in [6, 6.07) is 0. The lowest BCUT2D eigenvalue weighted by Crippen LogP contribution is -2.10. The van der Waals surface area contributed by atoms with Crippen molar-refractivity contribution >= 4 is 0 Å². The van der Waals surface area contributed by atoms with Crippen molar-refractivity contribution in [3.05, 3.63) is 17.0 Å². The lowest BCUT2D eigenvalue weighted by molar-refractivity contribution is 0.0894. The van der Waals surface area contributed by atoms with Crippen LogP contribution in [-0.4, -0.2) is 11.8 Å². The minimum absolute atomic E-state index is 0.457. The van der Waals surface area contributed by atoms with Crippen molar-refractivity contribution in [3.63, 3.8) is 0 Å². The number of hydrogen-bond donors (Lipinski definition) is 1. The monoisotopic (exact) mass is 154 g/mol. The number of ether oxygens (including phenoxy) is 1. The summed E-state index contributed by atoms with van der Waals surface area (Å²) in [4.78, 5) is 0. The smallest absolute Gasteiger partial charge is 0.165 e. The molecule has 4 heteroatoms. The van der Waals surface area contributed by atoms with Crippen LogP contribution in [0.15, 0.2) is 4.52 Å². The van der Waals surface area contributed by atoms with E-state index in [1.165, 1.54) is 0 Å². The number of nitrogens with zero attached hydrogens (tertiary/aromatic N) is 1. The molecule has 0 spiro atoms. The number of hydrogen-bond acceptors (Lipinski definition) is 4. The molecule has 1 aromatic rings. The van der Waals surface area contributed by atoms with E-state index in [1.807, 2.05) is 0 Å². The van der Waals surface area contributed by atoms with E-state index in [4.69, 9.17) is 15.0 Å². The summed E-state index contributed by atoms with van der Waals surface area (Å²) in [7, 11) is 0. The molecule has 0 radical (unpaired) electrons. The second-order valence-corrected chi connectivity index (χ2v) is 2.54. The quantitative estimate of drug-likeness (QED) is 0.628. The first-order valence-corrected chi connectivity index (χ1v) is 3.66. The van der Waals surface area contributed by atoms with Gasteiger partial charge < -0.3 is 15.0 Å². The van der Waals surface area contributed by atoms with E-state index in [9.17, 15) is 0 Å². The Bertz CT molecular complexity index is 243. The van der Waals surface area contributed by atoms with E-state index < -0.39 is 0 Å². The third-order valence-corrected chi connectivity index (χ3v) is 1.87. The molecule has 0 amide bonds. The van der Waals surface area contributed by atoms with Crippen LogP contribution in [0.3, 0.4) is 0 Å². The lowest BCUT2D eigenvalue weighted by atomic mass is 10.1. The van der Waals surface area contributed by atoms with E-state index in [1.54, 1.807) is 0 Å². The fourth-order valence-corrected chi connectivity index (χ4v) is 1.28. The van der Waals surface area contributed by atoms with Crippen LogP contribution in [-0.2, 0) is 24.3 Å². The molecule has 11 heavy (non-hydrogen) atoms. The molecule has 0 saturated carbocycles. The van der Waals surface area contributed by atoms with Gasteiger partial charge in [-0.3, -0.25) is 0 Å². The maximum atomic E-state index is 5.46. The van der Waals surface area contributed by atoms with Gasteiger partial charge in [-0.1, -0.05) is 5.16 Å². The molecular weight excluding hydrogens is 144 g/mol. The summed E-state index contributed by atoms with van der Waals surface area (Å²) >= 11 is 0. The van der Waals surface area contributed by atoms with Crippen LogP contribution in [0.25, 0.3) is 0 Å². The van der Waals surface area contributed by atoms with Gasteiger partial charge >= 0.3 is 0 Å². The normalized spacial score (nSPS) is 16.5. The fraction of sp³-hybridized carbons (Fsp3) is 0.571. The van der Waals surface area contributed by atoms with Crippen LogP contribution in [0.1, 0.15) is 17.0 Å². The molecule has 1 aromatic heterocycles. The molecule has 2 N–H and O–H groups in total. The number of fused-ring (bicyclic) bond motifs is 1. The third kappa shape index (κ3) is 1.04. The molecule has 60 valence electrons. The molecule has 0 aliphatic carbocycles. The molecule has 0 atom stereocenters. The maximum absolute atomic E-state index is 5.46. The molecule has 2 heterocycles. The van der Waals surface area contributed by atoms with Crippen molar-refractivity contribution in [1.29, 1.82) is 0 Å². The van der Waals surface area contributed by atoms with Gasteiger partial charge in [0.05, 0.1) is 6.61 Å². The van der Waals surface area contributed by atoms with E-state index >= 15 is 0 Å². The first-order chi connectivity index (χ1) is 5.42. The molecule has 0 saturated heterocycles. The predicted octanol–water partition coefficient (Wildman–Crippen LogP) is 0.206. The Morgan fingerprint density at radius 2 is 2.45 bits per heavy atom. The SMILES string of the molecule is NCc1noc2c1CCOC2. The maximum Gasteiger partial charge on any atom is 0.165 e. The zero-order valence-electron chi connectivity index (χ0n) is 6.17. The summed E-state index contributed by atoms with van der Waals surface area (Å²) in [5, 5.41) is 3.84. The average molecular weight is 154 g/mol. The summed E-state index contributed by atoms with van der Waals surface area (Å²) in [6.07, 6.45) is 0.880. The van der Waals surface area contributed by atoms with Gasteiger partial charge in [0.1, 0.15) is 12.3 Å². The zero-order valence-corrected chi connectivity index (χ0v) is 6.17. The molecule has 0 bridgehead atoms. The molecule has 0 aromatic carbocycles. The first-order valence-electron chi connectivity index (χ1n) is 3.66. The highest BCUT2D eigenvalue weighted by Crippen LogP contribution is 2.19. The van der Waals surface area contributed by atoms with E-state index in [2.05, 4.69) is 5.16 Å². The van der Waals surface area contributed by atoms with Crippen LogP contribution < -0.4 is 5.73 Å². The third-order valence-electron chi connectivity index (χ3n) is 1.87. The minimum Gasteiger partial charge on any atom is -0.373 e. The summed E-state index contributed by atoms with van der Waals surface area (Å²) in [6.45, 7) is 1.75. The van der Waals surface area contributed by atoms with E-state index in [0.29, 0.717) is 13.2 Å². The van der Waals surface area contributed by atoms with E-state index in [-0.39, 0.29) is 0 Å². The largest absolute Gasteiger partial charge is 0.373 e. The zero-order chi connectivity index (χ0) is 7.68. The summed E-state index contributed by atoms with van der Waals surface area (Å²) in [5.74, 6) is 0.844. The van der Waals surface area contributed by atoms with Crippen molar-refractivity contribution in [2.24, 2.45) is 5.73 Å². The molecule has 4 nitrogen and oxygen atoms in total. The van der Waals surface area contributed by atoms with Crippen LogP contribution >= 0.6 is 0 Å². The fourth-order valence-electron chi connectivity index (χ4n) is 1.28. The Morgan fingerprint density at radius 1 is 1.55 bits per heavy atom. The Balaban J connectivity index is 2.38. The predicted molar refractivity (Wildman–Crippen MR) is 37.8 cm³/mol. The highest BCUT2D eigenvalue weighted by Gasteiger charge is 2.18. The highest BCUT2D eigenvalue weighted by atomic mass is 16.5. The topological polar surface area (TPSA) is 61.3 Å². The van der Waals surface area contributed by atoms with Crippen molar-refractivity contribution in [3.8, 4) is 0 Å². The van der Waals surface area contributed by atoms with Crippen molar-refractivity contribution in [2.45, 2.75) is 19.6 Å². The Kier molecular flexibility index (Phi) is 1.63. The van der Waals surface area contributed by atoms with Crippen molar-refractivity contribution in [2.75, 3.05) is 6.61 Å². The van der Waals surface area contributed by atoms with Gasteiger partial charge in [0.25, 0.3) is 0 Å². The van der Waals surface area contributed by atoms with Gasteiger partial charge in [-0.25, -0.2) is 0 Å². The number of rotatable bonds is 1. The average Bonchev–Trinajstić information content (AvgIpc) is 2.47. The van der Waals surface area contributed by atoms with Crippen LogP contribution in [0.2, 0.25) is 0 Å². The Hall–Kier alpha value is -0.870. The van der Waals surface area contributed by atoms with Gasteiger partial charge in [-0.05, 0) is 0 Å². The lowest BCUT2D eigenvalue weighted by Gasteiger charge is -2.09. The Morgan fingerprint density at radius 3 is 3.27 bits per heavy atom. The number of aromatic nitrogens is 1. The molecule has 1 aliphatic rings. The molecule has 0 fully saturated rings. The number of nitrogens with two attached hydrogens (primary N) is 1. The summed E-state index contributed by atoms with van der Waals surface area (Å²) < 4.78 is 10.2. The molecule has 2 rings (SSSR count). The van der Waals surface area contributed by atoms with Gasteiger partial charge in [-0.15, -0.1) is 0 Å². The van der Waals surface area contributed by atoms with Gasteiger partial charge in [0, 0.05) is 18.5 Å². The highest BCUT2D eigenvalue weighted by molar-refractivity contribution is 5.23.